The van der Waals surface area contributed by atoms with Crippen molar-refractivity contribution in [2.45, 2.75) is 51.9 Å². The summed E-state index contributed by atoms with van der Waals surface area (Å²) in [5, 5.41) is 15.1. The van der Waals surface area contributed by atoms with Gasteiger partial charge in [-0.15, -0.1) is 5.10 Å². The summed E-state index contributed by atoms with van der Waals surface area (Å²) in [6.07, 6.45) is 0. The van der Waals surface area contributed by atoms with E-state index in [-0.39, 0.29) is 11.4 Å². The third-order valence-electron chi connectivity index (χ3n) is 1.88. The molecule has 6 nitrogen and oxygen atoms in total. The molecule has 1 aromatic heterocycles. The first-order valence-corrected chi connectivity index (χ1v) is 6.96. The fourth-order valence-electron chi connectivity index (χ4n) is 1.34. The predicted octanol–water partition coefficient (Wildman–Crippen LogP) is 1.34. The van der Waals surface area contributed by atoms with Crippen LogP contribution in [0.2, 0.25) is 0 Å². The van der Waals surface area contributed by atoms with Crippen LogP contribution in [-0.2, 0) is 11.3 Å². The number of hydrogen-bond donors (Lipinski definition) is 1. The van der Waals surface area contributed by atoms with Crippen LogP contribution in [0.25, 0.3) is 0 Å². The quantitative estimate of drug-likeness (QED) is 0.818. The molecule has 1 aromatic rings. The summed E-state index contributed by atoms with van der Waals surface area (Å²) < 4.78 is 1.74. The van der Waals surface area contributed by atoms with E-state index in [1.54, 1.807) is 4.68 Å². The molecule has 0 radical (unpaired) electrons. The largest absolute Gasteiger partial charge is 0.351 e. The van der Waals surface area contributed by atoms with E-state index >= 15 is 0 Å². The summed E-state index contributed by atoms with van der Waals surface area (Å²) in [5.41, 5.74) is -0.207. The molecule has 18 heavy (non-hydrogen) atoms. The Morgan fingerprint density at radius 2 is 2.11 bits per heavy atom. The van der Waals surface area contributed by atoms with Crippen LogP contribution in [0.5, 0.6) is 0 Å². The molecule has 0 unspecified atom stereocenters. The van der Waals surface area contributed by atoms with E-state index in [2.05, 4.69) is 34.7 Å². The lowest BCUT2D eigenvalue weighted by Gasteiger charge is -2.20. The molecule has 0 bridgehead atoms. The van der Waals surface area contributed by atoms with Crippen molar-refractivity contribution in [3.05, 3.63) is 0 Å². The lowest BCUT2D eigenvalue weighted by Crippen LogP contribution is -2.41. The van der Waals surface area contributed by atoms with Gasteiger partial charge in [-0.25, -0.2) is 4.68 Å². The standard InChI is InChI=1S/C11H21N5OS/c1-8(2)6-16-10(13-14-15-16)18-7-9(17)12-11(3,4)5/h8H,6-7H2,1-5H3,(H,12,17). The molecule has 0 fully saturated rings. The average Bonchev–Trinajstić information content (AvgIpc) is 2.58. The Kier molecular flexibility index (Phi) is 5.13. The second-order valence-electron chi connectivity index (χ2n) is 5.62. The number of thioether (sulfide) groups is 1. The van der Waals surface area contributed by atoms with Crippen molar-refractivity contribution in [3.63, 3.8) is 0 Å². The lowest BCUT2D eigenvalue weighted by molar-refractivity contribution is -0.119. The van der Waals surface area contributed by atoms with Gasteiger partial charge in [0.25, 0.3) is 0 Å². The summed E-state index contributed by atoms with van der Waals surface area (Å²) >= 11 is 1.36. The molecule has 0 spiro atoms. The van der Waals surface area contributed by atoms with Crippen LogP contribution in [0, 0.1) is 5.92 Å². The second kappa shape index (κ2) is 6.17. The van der Waals surface area contributed by atoms with Crippen molar-refractivity contribution in [3.8, 4) is 0 Å². The van der Waals surface area contributed by atoms with Crippen LogP contribution >= 0.6 is 11.8 Å². The average molecular weight is 271 g/mol. The highest BCUT2D eigenvalue weighted by Crippen LogP contribution is 2.14. The minimum absolute atomic E-state index is 0.00778. The Hall–Kier alpha value is -1.11. The maximum atomic E-state index is 11.7. The number of tetrazole rings is 1. The van der Waals surface area contributed by atoms with E-state index in [0.717, 1.165) is 6.54 Å². The molecule has 0 aliphatic carbocycles. The van der Waals surface area contributed by atoms with Crippen LogP contribution in [0.1, 0.15) is 34.6 Å². The zero-order valence-corrected chi connectivity index (χ0v) is 12.4. The number of carbonyl (C=O) groups excluding carboxylic acids is 1. The number of nitrogens with one attached hydrogen (secondary N) is 1. The third kappa shape index (κ3) is 5.48. The normalized spacial score (nSPS) is 11.9. The van der Waals surface area contributed by atoms with Gasteiger partial charge in [-0.3, -0.25) is 4.79 Å². The first kappa shape index (κ1) is 14.9. The molecular weight excluding hydrogens is 250 g/mol. The highest BCUT2D eigenvalue weighted by Gasteiger charge is 2.15. The van der Waals surface area contributed by atoms with Gasteiger partial charge >= 0.3 is 0 Å². The molecule has 1 N–H and O–H groups in total. The monoisotopic (exact) mass is 271 g/mol. The van der Waals surface area contributed by atoms with E-state index < -0.39 is 0 Å². The highest BCUT2D eigenvalue weighted by atomic mass is 32.2. The Bertz CT molecular complexity index is 396. The van der Waals surface area contributed by atoms with Gasteiger partial charge in [0.1, 0.15) is 0 Å². The topological polar surface area (TPSA) is 72.7 Å². The molecule has 0 saturated heterocycles. The Morgan fingerprint density at radius 1 is 1.44 bits per heavy atom. The highest BCUT2D eigenvalue weighted by molar-refractivity contribution is 7.99. The van der Waals surface area contributed by atoms with Gasteiger partial charge < -0.3 is 5.32 Å². The second-order valence-corrected chi connectivity index (χ2v) is 6.57. The van der Waals surface area contributed by atoms with Crippen molar-refractivity contribution in [1.82, 2.24) is 25.5 Å². The fraction of sp³-hybridized carbons (Fsp3) is 0.818. The summed E-state index contributed by atoms with van der Waals surface area (Å²) in [6.45, 7) is 10.8. The molecule has 1 rings (SSSR count). The number of rotatable bonds is 5. The van der Waals surface area contributed by atoms with E-state index in [1.807, 2.05) is 20.8 Å². The number of carbonyl (C=O) groups is 1. The summed E-state index contributed by atoms with van der Waals surface area (Å²) in [4.78, 5) is 11.7. The Morgan fingerprint density at radius 3 is 2.67 bits per heavy atom. The lowest BCUT2D eigenvalue weighted by atomic mass is 10.1. The first-order valence-electron chi connectivity index (χ1n) is 5.98. The molecule has 7 heteroatoms. The minimum Gasteiger partial charge on any atom is -0.351 e. The van der Waals surface area contributed by atoms with Crippen LogP contribution in [-0.4, -0.2) is 37.4 Å². The number of amides is 1. The zero-order valence-electron chi connectivity index (χ0n) is 11.6. The molecule has 0 saturated carbocycles. The summed E-state index contributed by atoms with van der Waals surface area (Å²) in [7, 11) is 0. The van der Waals surface area contributed by atoms with Gasteiger partial charge in [-0.05, 0) is 37.1 Å². The van der Waals surface area contributed by atoms with Crippen molar-refractivity contribution in [2.75, 3.05) is 5.75 Å². The van der Waals surface area contributed by atoms with Gasteiger partial charge in [-0.2, -0.15) is 0 Å². The summed E-state index contributed by atoms with van der Waals surface area (Å²) in [6, 6.07) is 0. The van der Waals surface area contributed by atoms with Crippen LogP contribution < -0.4 is 5.32 Å². The van der Waals surface area contributed by atoms with Crippen molar-refractivity contribution < 1.29 is 4.79 Å². The maximum Gasteiger partial charge on any atom is 0.230 e. The van der Waals surface area contributed by atoms with Crippen molar-refractivity contribution in [1.29, 1.82) is 0 Å². The molecular formula is C11H21N5OS. The molecule has 1 heterocycles. The Labute approximate surface area is 112 Å². The van der Waals surface area contributed by atoms with Gasteiger partial charge in [0, 0.05) is 12.1 Å². The fourth-order valence-corrected chi connectivity index (χ4v) is 2.03. The van der Waals surface area contributed by atoms with Crippen LogP contribution in [0.3, 0.4) is 0 Å². The van der Waals surface area contributed by atoms with E-state index in [0.29, 0.717) is 16.8 Å². The van der Waals surface area contributed by atoms with Gasteiger partial charge in [0.15, 0.2) is 0 Å². The smallest absolute Gasteiger partial charge is 0.230 e. The van der Waals surface area contributed by atoms with E-state index in [1.165, 1.54) is 11.8 Å². The molecule has 0 aromatic carbocycles. The predicted molar refractivity (Wildman–Crippen MR) is 71.3 cm³/mol. The molecule has 0 aliphatic heterocycles. The van der Waals surface area contributed by atoms with Crippen molar-refractivity contribution in [2.24, 2.45) is 5.92 Å². The number of nitrogens with zero attached hydrogens (tertiary/aromatic N) is 4. The zero-order chi connectivity index (χ0) is 13.8. The van der Waals surface area contributed by atoms with Gasteiger partial charge in [0.2, 0.25) is 11.1 Å². The Balaban J connectivity index is 2.48. The minimum atomic E-state index is -0.207. The molecule has 1 amide bonds. The molecule has 102 valence electrons. The van der Waals surface area contributed by atoms with E-state index in [9.17, 15) is 4.79 Å². The molecule has 0 atom stereocenters. The van der Waals surface area contributed by atoms with Crippen LogP contribution in [0.4, 0.5) is 0 Å². The van der Waals surface area contributed by atoms with E-state index in [4.69, 9.17) is 0 Å². The van der Waals surface area contributed by atoms with Crippen LogP contribution in [0.15, 0.2) is 5.16 Å². The summed E-state index contributed by atoms with van der Waals surface area (Å²) in [5.74, 6) is 0.790. The van der Waals surface area contributed by atoms with Gasteiger partial charge in [-0.1, -0.05) is 25.6 Å². The van der Waals surface area contributed by atoms with Gasteiger partial charge in [0.05, 0.1) is 5.75 Å². The first-order chi connectivity index (χ1) is 8.28. The third-order valence-corrected chi connectivity index (χ3v) is 2.84. The number of hydrogen-bond acceptors (Lipinski definition) is 5. The molecule has 0 aliphatic rings. The van der Waals surface area contributed by atoms with Crippen molar-refractivity contribution >= 4 is 17.7 Å². The maximum absolute atomic E-state index is 11.7. The number of aromatic nitrogens is 4. The SMILES string of the molecule is CC(C)Cn1nnnc1SCC(=O)NC(C)(C)C.